The maximum absolute atomic E-state index is 13.9. The molecule has 3 unspecified atom stereocenters. The molecule has 4 N–H and O–H groups in total. The first-order chi connectivity index (χ1) is 22.8. The van der Waals surface area contributed by atoms with Gasteiger partial charge in [0.05, 0.1) is 20.3 Å². The van der Waals surface area contributed by atoms with Gasteiger partial charge < -0.3 is 30.5 Å². The quantitative estimate of drug-likeness (QED) is 0.136. The van der Waals surface area contributed by atoms with Crippen molar-refractivity contribution >= 4 is 23.5 Å². The van der Waals surface area contributed by atoms with E-state index in [0.29, 0.717) is 30.9 Å². The standard InChI is InChI=1S/C37H60N4O7/c1-9-15-26-16-13-11-10-12-14-17-27(37(46)41(6)23-28-18-19-29(47-7)22-32(28)48-8)21-30(33(42)36(45)38-25(4)5)39-35(44)31(20-24(2)3)40-34(26)43/h12,14,18-19,22,24-27,30-31,37,46H,9-11,13,15-17,20-21,23H2,1-8H3,(H,38,45)(H,39,44)(H,40,43)/b14-12+/t26?,27?,30-,31-,37?/m0/s1. The molecule has 1 aliphatic heterocycles. The summed E-state index contributed by atoms with van der Waals surface area (Å²) in [5.74, 6) is -1.69. The normalized spacial score (nSPS) is 22.9. The van der Waals surface area contributed by atoms with Gasteiger partial charge in [0.2, 0.25) is 17.6 Å². The average Bonchev–Trinajstić information content (AvgIpc) is 3.04. The molecule has 0 saturated heterocycles. The van der Waals surface area contributed by atoms with Crippen molar-refractivity contribution in [2.75, 3.05) is 21.3 Å². The first-order valence-corrected chi connectivity index (χ1v) is 17.5. The SMILES string of the molecule is CCCC1CCCC/C=C/CC(C(O)N(C)Cc2ccc(OC)cc2OC)C[C@@H](C(=O)C(=O)NC(C)C)NC(=O)[C@H](CC(C)C)NC1=O. The molecular formula is C37H60N4O7. The number of carbonyl (C=O) groups is 4. The molecule has 48 heavy (non-hydrogen) atoms. The number of carbonyl (C=O) groups excluding carboxylic acids is 4. The van der Waals surface area contributed by atoms with E-state index in [1.54, 1.807) is 46.1 Å². The Morgan fingerprint density at radius 2 is 1.77 bits per heavy atom. The van der Waals surface area contributed by atoms with Gasteiger partial charge in [-0.2, -0.15) is 0 Å². The highest BCUT2D eigenvalue weighted by molar-refractivity contribution is 6.38. The fourth-order valence-corrected chi connectivity index (χ4v) is 6.13. The fraction of sp³-hybridized carbons (Fsp3) is 0.676. The second-order valence-electron chi connectivity index (χ2n) is 13.7. The predicted molar refractivity (Wildman–Crippen MR) is 187 cm³/mol. The van der Waals surface area contributed by atoms with Gasteiger partial charge in [0, 0.05) is 36.1 Å². The number of amides is 3. The lowest BCUT2D eigenvalue weighted by molar-refractivity contribution is -0.141. The number of nitrogens with one attached hydrogen (secondary N) is 3. The molecule has 0 fully saturated rings. The van der Waals surface area contributed by atoms with Crippen LogP contribution < -0.4 is 25.4 Å². The van der Waals surface area contributed by atoms with E-state index in [0.717, 1.165) is 44.1 Å². The number of allylic oxidation sites excluding steroid dienone is 2. The summed E-state index contributed by atoms with van der Waals surface area (Å²) >= 11 is 0. The second kappa shape index (κ2) is 20.8. The maximum Gasteiger partial charge on any atom is 0.289 e. The Bertz CT molecular complexity index is 1220. The Hall–Kier alpha value is -3.44. The van der Waals surface area contributed by atoms with Crippen molar-refractivity contribution < 1.29 is 33.8 Å². The van der Waals surface area contributed by atoms with Gasteiger partial charge in [-0.05, 0) is 77.8 Å². The Kier molecular flexibility index (Phi) is 17.7. The molecule has 0 radical (unpaired) electrons. The Labute approximate surface area is 287 Å². The number of hydrogen-bond donors (Lipinski definition) is 4. The van der Waals surface area contributed by atoms with Crippen LogP contribution in [0.2, 0.25) is 0 Å². The molecule has 0 saturated carbocycles. The number of rotatable bonds is 13. The van der Waals surface area contributed by atoms with Crippen molar-refractivity contribution in [1.82, 2.24) is 20.9 Å². The topological polar surface area (TPSA) is 146 Å². The minimum atomic E-state index is -1.22. The summed E-state index contributed by atoms with van der Waals surface area (Å²) in [7, 11) is 4.93. The van der Waals surface area contributed by atoms with Crippen LogP contribution in [-0.4, -0.2) is 79.1 Å². The number of methoxy groups -OCH3 is 2. The van der Waals surface area contributed by atoms with Gasteiger partial charge in [-0.15, -0.1) is 0 Å². The van der Waals surface area contributed by atoms with Crippen LogP contribution >= 0.6 is 0 Å². The fourth-order valence-electron chi connectivity index (χ4n) is 6.13. The molecule has 0 spiro atoms. The smallest absolute Gasteiger partial charge is 0.289 e. The van der Waals surface area contributed by atoms with Crippen LogP contribution in [0.3, 0.4) is 0 Å². The zero-order valence-corrected chi connectivity index (χ0v) is 30.3. The maximum atomic E-state index is 13.9. The summed E-state index contributed by atoms with van der Waals surface area (Å²) in [5.41, 5.74) is 0.828. The van der Waals surface area contributed by atoms with Gasteiger partial charge in [-0.25, -0.2) is 0 Å². The van der Waals surface area contributed by atoms with Crippen LogP contribution in [0, 0.1) is 17.8 Å². The highest BCUT2D eigenvalue weighted by atomic mass is 16.5. The summed E-state index contributed by atoms with van der Waals surface area (Å²) in [6.45, 7) is 9.81. The third-order valence-corrected chi connectivity index (χ3v) is 8.73. The Morgan fingerprint density at radius 3 is 2.40 bits per heavy atom. The van der Waals surface area contributed by atoms with Crippen molar-refractivity contribution in [2.45, 2.75) is 123 Å². The molecular weight excluding hydrogens is 612 g/mol. The molecule has 11 nitrogen and oxygen atoms in total. The zero-order valence-electron chi connectivity index (χ0n) is 30.3. The summed E-state index contributed by atoms with van der Waals surface area (Å²) in [6.07, 6.45) is 8.71. The van der Waals surface area contributed by atoms with E-state index in [9.17, 15) is 24.3 Å². The molecule has 0 aliphatic carbocycles. The lowest BCUT2D eigenvalue weighted by Crippen LogP contribution is -2.56. The summed E-state index contributed by atoms with van der Waals surface area (Å²) in [6, 6.07) is 3.08. The molecule has 1 aliphatic rings. The Balaban J connectivity index is 2.49. The first-order valence-electron chi connectivity index (χ1n) is 17.5. The van der Waals surface area contributed by atoms with Crippen LogP contribution in [0.5, 0.6) is 11.5 Å². The van der Waals surface area contributed by atoms with E-state index in [1.165, 1.54) is 0 Å². The molecule has 0 aromatic heterocycles. The molecule has 5 atom stereocenters. The minimum Gasteiger partial charge on any atom is -0.497 e. The van der Waals surface area contributed by atoms with Crippen LogP contribution in [0.4, 0.5) is 0 Å². The lowest BCUT2D eigenvalue weighted by atomic mass is 9.90. The zero-order chi connectivity index (χ0) is 35.8. The molecule has 1 aromatic rings. The molecule has 1 aromatic carbocycles. The summed E-state index contributed by atoms with van der Waals surface area (Å²) < 4.78 is 10.9. The number of Topliss-reactive ketones (excluding diaryl/α,β-unsaturated/α-hetero) is 1. The first kappa shape index (κ1) is 40.7. The van der Waals surface area contributed by atoms with Gasteiger partial charge in [0.25, 0.3) is 5.91 Å². The molecule has 270 valence electrons. The predicted octanol–water partition coefficient (Wildman–Crippen LogP) is 4.51. The van der Waals surface area contributed by atoms with E-state index in [2.05, 4.69) is 22.0 Å². The van der Waals surface area contributed by atoms with Crippen LogP contribution in [0.25, 0.3) is 0 Å². The van der Waals surface area contributed by atoms with Gasteiger partial charge in [-0.3, -0.25) is 24.1 Å². The van der Waals surface area contributed by atoms with Gasteiger partial charge in [0.15, 0.2) is 0 Å². The molecule has 0 bridgehead atoms. The molecule has 3 amide bonds. The van der Waals surface area contributed by atoms with E-state index in [4.69, 9.17) is 9.47 Å². The van der Waals surface area contributed by atoms with E-state index >= 15 is 0 Å². The monoisotopic (exact) mass is 672 g/mol. The number of ether oxygens (including phenoxy) is 2. The van der Waals surface area contributed by atoms with Crippen LogP contribution in [0.15, 0.2) is 30.4 Å². The number of nitrogens with zero attached hydrogens (tertiary/aromatic N) is 1. The summed E-state index contributed by atoms with van der Waals surface area (Å²) in [5, 5.41) is 20.2. The number of benzene rings is 1. The third kappa shape index (κ3) is 13.2. The van der Waals surface area contributed by atoms with Crippen molar-refractivity contribution in [3.05, 3.63) is 35.9 Å². The van der Waals surface area contributed by atoms with E-state index in [-0.39, 0.29) is 30.2 Å². The van der Waals surface area contributed by atoms with Gasteiger partial charge >= 0.3 is 0 Å². The number of hydrogen-bond acceptors (Lipinski definition) is 8. The van der Waals surface area contributed by atoms with E-state index < -0.39 is 41.8 Å². The molecule has 2 rings (SSSR count). The highest BCUT2D eigenvalue weighted by Crippen LogP contribution is 2.28. The van der Waals surface area contributed by atoms with Crippen LogP contribution in [-0.2, 0) is 25.7 Å². The number of ketones is 1. The lowest BCUT2D eigenvalue weighted by Gasteiger charge is -2.33. The number of aliphatic hydroxyl groups is 1. The Morgan fingerprint density at radius 1 is 1.04 bits per heavy atom. The summed E-state index contributed by atoms with van der Waals surface area (Å²) in [4.78, 5) is 55.8. The largest absolute Gasteiger partial charge is 0.497 e. The van der Waals surface area contributed by atoms with E-state index in [1.807, 2.05) is 39.0 Å². The van der Waals surface area contributed by atoms with Gasteiger partial charge in [0.1, 0.15) is 23.8 Å². The average molecular weight is 673 g/mol. The van der Waals surface area contributed by atoms with Crippen LogP contribution in [0.1, 0.15) is 98.0 Å². The third-order valence-electron chi connectivity index (χ3n) is 8.73. The van der Waals surface area contributed by atoms with Crippen molar-refractivity contribution in [3.8, 4) is 11.5 Å². The molecule has 11 heteroatoms. The molecule has 1 heterocycles. The van der Waals surface area contributed by atoms with Crippen molar-refractivity contribution in [2.24, 2.45) is 17.8 Å². The second-order valence-corrected chi connectivity index (χ2v) is 13.7. The minimum absolute atomic E-state index is 0.00644. The van der Waals surface area contributed by atoms with Crippen molar-refractivity contribution in [1.29, 1.82) is 0 Å². The number of aliphatic hydroxyl groups excluding tert-OH is 1. The van der Waals surface area contributed by atoms with Gasteiger partial charge in [-0.1, -0.05) is 51.8 Å². The highest BCUT2D eigenvalue weighted by Gasteiger charge is 2.35. The van der Waals surface area contributed by atoms with Crippen molar-refractivity contribution in [3.63, 3.8) is 0 Å².